The summed E-state index contributed by atoms with van der Waals surface area (Å²) in [5.74, 6) is -0.00805. The van der Waals surface area contributed by atoms with Crippen LogP contribution in [0, 0.1) is 5.92 Å². The maximum atomic E-state index is 13.3. The standard InChI is InChI=1S/C28H38BClN2O7/c1-15-8-7-9-22(38-6)28(36)14-20(39-26(35)31-28)16(2)25-27(3,29-25)21(33)13-23(34)32(4)18-11-17(10-15)12-19(37-5)24(18)30/h7-9,11-12,16,20-22,25,29,33,36H,10,13-14H2,1-6H3,(H,31,35)/b9-7+,15-8+/t16-,20+,21+,22-,25+,27+,28+/m1/s1. The molecule has 4 bridgehead atoms. The van der Waals surface area contributed by atoms with E-state index in [0.29, 0.717) is 30.2 Å². The molecular formula is C28H38BClN2O7. The van der Waals surface area contributed by atoms with Gasteiger partial charge in [-0.15, -0.1) is 0 Å². The van der Waals surface area contributed by atoms with E-state index >= 15 is 0 Å². The third-order valence-corrected chi connectivity index (χ3v) is 9.08. The van der Waals surface area contributed by atoms with Crippen LogP contribution in [-0.4, -0.2) is 74.8 Å². The van der Waals surface area contributed by atoms with Gasteiger partial charge in [-0.25, -0.2) is 4.79 Å². The van der Waals surface area contributed by atoms with Gasteiger partial charge in [0.2, 0.25) is 5.91 Å². The molecule has 0 aromatic heterocycles. The lowest BCUT2D eigenvalue weighted by Gasteiger charge is -2.42. The molecule has 0 unspecified atom stereocenters. The molecule has 0 saturated carbocycles. The van der Waals surface area contributed by atoms with Crippen LogP contribution in [0.5, 0.6) is 5.75 Å². The first-order valence-corrected chi connectivity index (χ1v) is 13.6. The zero-order chi connectivity index (χ0) is 28.7. The average molecular weight is 561 g/mol. The number of rotatable bonds is 2. The van der Waals surface area contributed by atoms with Gasteiger partial charge in [-0.2, -0.15) is 0 Å². The molecule has 0 radical (unpaired) electrons. The van der Waals surface area contributed by atoms with Crippen LogP contribution in [0.1, 0.15) is 39.2 Å². The van der Waals surface area contributed by atoms with Gasteiger partial charge in [0.1, 0.15) is 30.3 Å². The number of aliphatic hydroxyl groups is 2. The van der Waals surface area contributed by atoms with E-state index < -0.39 is 35.4 Å². The van der Waals surface area contributed by atoms with Crippen molar-refractivity contribution in [1.82, 2.24) is 5.32 Å². The highest BCUT2D eigenvalue weighted by molar-refractivity contribution is 6.57. The molecule has 3 N–H and O–H groups in total. The van der Waals surface area contributed by atoms with E-state index in [-0.39, 0.29) is 30.5 Å². The molecule has 7 atom stereocenters. The minimum absolute atomic E-state index is 0.0121. The van der Waals surface area contributed by atoms with Crippen LogP contribution in [0.3, 0.4) is 0 Å². The number of carbonyl (C=O) groups is 2. The Morgan fingerprint density at radius 1 is 1.28 bits per heavy atom. The highest BCUT2D eigenvalue weighted by atomic mass is 35.5. The number of nitrogens with zero attached hydrogens (tertiary/aromatic N) is 1. The van der Waals surface area contributed by atoms with E-state index in [1.165, 1.54) is 19.1 Å². The zero-order valence-electron chi connectivity index (χ0n) is 23.4. The first kappa shape index (κ1) is 29.5. The summed E-state index contributed by atoms with van der Waals surface area (Å²) in [6.07, 6.45) is 2.89. The Morgan fingerprint density at radius 3 is 2.67 bits per heavy atom. The van der Waals surface area contributed by atoms with Crippen LogP contribution < -0.4 is 15.0 Å². The van der Waals surface area contributed by atoms with Crippen molar-refractivity contribution in [2.75, 3.05) is 26.2 Å². The maximum absolute atomic E-state index is 13.3. The number of carbonyl (C=O) groups excluding carboxylic acids is 2. The van der Waals surface area contributed by atoms with E-state index in [2.05, 4.69) is 5.32 Å². The quantitative estimate of drug-likeness (QED) is 0.475. The number of nitrogens with one attached hydrogen (secondary N) is 1. The third kappa shape index (κ3) is 5.84. The fraction of sp³-hybridized carbons (Fsp3) is 0.571. The third-order valence-electron chi connectivity index (χ3n) is 8.70. The molecule has 2 saturated heterocycles. The molecule has 2 fully saturated rings. The second-order valence-electron chi connectivity index (χ2n) is 11.4. The molecular weight excluding hydrogens is 523 g/mol. The lowest BCUT2D eigenvalue weighted by Crippen LogP contribution is -2.63. The Morgan fingerprint density at radius 2 is 2.00 bits per heavy atom. The van der Waals surface area contributed by atoms with Crippen LogP contribution in [0.4, 0.5) is 10.5 Å². The molecule has 3 aliphatic rings. The average Bonchev–Trinajstić information content (AvgIpc) is 3.58. The fourth-order valence-electron chi connectivity index (χ4n) is 6.00. The first-order chi connectivity index (χ1) is 18.3. The van der Waals surface area contributed by atoms with Crippen molar-refractivity contribution in [3.8, 4) is 5.75 Å². The molecule has 0 spiro atoms. The molecule has 0 aliphatic carbocycles. The smallest absolute Gasteiger partial charge is 0.409 e. The number of fused-ring (bicyclic) bond motifs is 5. The number of amides is 2. The minimum Gasteiger partial charge on any atom is -0.495 e. The van der Waals surface area contributed by atoms with E-state index in [1.54, 1.807) is 19.2 Å². The summed E-state index contributed by atoms with van der Waals surface area (Å²) in [6.45, 7) is 5.84. The highest BCUT2D eigenvalue weighted by Gasteiger charge is 2.61. The van der Waals surface area contributed by atoms with Gasteiger partial charge >= 0.3 is 6.09 Å². The summed E-state index contributed by atoms with van der Waals surface area (Å²) in [7, 11) is 5.30. The number of halogens is 1. The minimum atomic E-state index is -1.68. The number of ether oxygens (including phenoxy) is 3. The Hall–Kier alpha value is -2.53. The lowest BCUT2D eigenvalue weighted by atomic mass is 9.83. The molecule has 212 valence electrons. The predicted molar refractivity (Wildman–Crippen MR) is 151 cm³/mol. The Bertz CT molecular complexity index is 1190. The summed E-state index contributed by atoms with van der Waals surface area (Å²) in [5.41, 5.74) is 0.701. The van der Waals surface area contributed by atoms with Gasteiger partial charge in [-0.05, 0) is 42.3 Å². The number of anilines is 1. The summed E-state index contributed by atoms with van der Waals surface area (Å²) >= 11 is 6.60. The highest BCUT2D eigenvalue weighted by Crippen LogP contribution is 2.64. The van der Waals surface area contributed by atoms with Crippen LogP contribution >= 0.6 is 11.6 Å². The molecule has 1 aromatic rings. The summed E-state index contributed by atoms with van der Waals surface area (Å²) in [6, 6.07) is 3.68. The monoisotopic (exact) mass is 560 g/mol. The van der Waals surface area contributed by atoms with Gasteiger partial charge in [0.15, 0.2) is 5.72 Å². The number of allylic oxidation sites excluding steroid dienone is 3. The number of hydrogen-bond donors (Lipinski definition) is 3. The number of benzene rings is 1. The van der Waals surface area contributed by atoms with Crippen molar-refractivity contribution < 1.29 is 34.0 Å². The molecule has 4 rings (SSSR count). The summed E-state index contributed by atoms with van der Waals surface area (Å²) in [5, 5.41) is 25.0. The van der Waals surface area contributed by atoms with Crippen molar-refractivity contribution in [3.63, 3.8) is 0 Å². The summed E-state index contributed by atoms with van der Waals surface area (Å²) < 4.78 is 16.7. The Kier molecular flexibility index (Phi) is 8.43. The number of methoxy groups -OCH3 is 2. The molecule has 11 heteroatoms. The SMILES string of the molecule is COc1cc2cc(c1Cl)N(C)C(=O)C[C@H](O)[C@]1(C)B[C@H]1[C@H](C)[C@@H]1C[C@@](O)(NC(=O)O1)[C@H](OC)/C=C/C=C(\C)C2. The van der Waals surface area contributed by atoms with Gasteiger partial charge in [-0.1, -0.05) is 55.1 Å². The van der Waals surface area contributed by atoms with Crippen LogP contribution in [-0.2, 0) is 20.7 Å². The van der Waals surface area contributed by atoms with Crippen molar-refractivity contribution in [2.24, 2.45) is 5.92 Å². The number of alkyl carbamates (subject to hydrolysis) is 1. The van der Waals surface area contributed by atoms with Crippen molar-refractivity contribution in [2.45, 2.75) is 75.2 Å². The summed E-state index contributed by atoms with van der Waals surface area (Å²) in [4.78, 5) is 27.3. The maximum Gasteiger partial charge on any atom is 0.409 e. The van der Waals surface area contributed by atoms with E-state index in [4.69, 9.17) is 25.8 Å². The Balaban J connectivity index is 1.74. The molecule has 3 aliphatic heterocycles. The number of aliphatic hydroxyl groups excluding tert-OH is 1. The van der Waals surface area contributed by atoms with Gasteiger partial charge in [-0.3, -0.25) is 10.1 Å². The van der Waals surface area contributed by atoms with Crippen molar-refractivity contribution in [3.05, 3.63) is 46.5 Å². The van der Waals surface area contributed by atoms with Gasteiger partial charge in [0.05, 0.1) is 25.3 Å². The fourth-order valence-corrected chi connectivity index (χ4v) is 6.32. The van der Waals surface area contributed by atoms with Crippen LogP contribution in [0.15, 0.2) is 35.9 Å². The largest absolute Gasteiger partial charge is 0.495 e. The molecule has 3 heterocycles. The van der Waals surface area contributed by atoms with E-state index in [0.717, 1.165) is 11.1 Å². The molecule has 39 heavy (non-hydrogen) atoms. The molecule has 1 aromatic carbocycles. The van der Waals surface area contributed by atoms with Crippen LogP contribution in [0.25, 0.3) is 0 Å². The lowest BCUT2D eigenvalue weighted by molar-refractivity contribution is -0.141. The zero-order valence-corrected chi connectivity index (χ0v) is 24.1. The van der Waals surface area contributed by atoms with Gasteiger partial charge < -0.3 is 29.3 Å². The second-order valence-corrected chi connectivity index (χ2v) is 11.8. The van der Waals surface area contributed by atoms with Crippen molar-refractivity contribution in [1.29, 1.82) is 0 Å². The molecule has 2 amide bonds. The topological polar surface area (TPSA) is 118 Å². The Labute approximate surface area is 235 Å². The predicted octanol–water partition coefficient (Wildman–Crippen LogP) is 3.38. The van der Waals surface area contributed by atoms with E-state index in [9.17, 15) is 19.8 Å². The van der Waals surface area contributed by atoms with E-state index in [1.807, 2.05) is 39.0 Å². The van der Waals surface area contributed by atoms with Crippen molar-refractivity contribution >= 4 is 36.6 Å². The van der Waals surface area contributed by atoms with Gasteiger partial charge in [0, 0.05) is 20.6 Å². The molecule has 9 nitrogen and oxygen atoms in total. The second kappa shape index (κ2) is 11.2. The van der Waals surface area contributed by atoms with Crippen LogP contribution in [0.2, 0.25) is 16.2 Å². The first-order valence-electron chi connectivity index (χ1n) is 13.2. The van der Waals surface area contributed by atoms with Gasteiger partial charge in [0.25, 0.3) is 0 Å². The number of hydrogen-bond acceptors (Lipinski definition) is 7. The normalized spacial score (nSPS) is 37.4.